The number of para-hydroxylation sites is 1. The zero-order valence-corrected chi connectivity index (χ0v) is 18.2. The molecule has 1 atom stereocenters. The van der Waals surface area contributed by atoms with Crippen LogP contribution in [0.25, 0.3) is 11.0 Å². The van der Waals surface area contributed by atoms with Crippen LogP contribution < -0.4 is 4.74 Å². The maximum Gasteiger partial charge on any atom is 0.289 e. The first kappa shape index (κ1) is 21.2. The van der Waals surface area contributed by atoms with Gasteiger partial charge >= 0.3 is 0 Å². The zero-order valence-electron chi connectivity index (χ0n) is 18.2. The summed E-state index contributed by atoms with van der Waals surface area (Å²) in [6.07, 6.45) is 0.319. The van der Waals surface area contributed by atoms with Gasteiger partial charge in [0.2, 0.25) is 0 Å². The second-order valence-electron chi connectivity index (χ2n) is 8.00. The number of benzene rings is 2. The van der Waals surface area contributed by atoms with Gasteiger partial charge in [0.15, 0.2) is 5.76 Å². The molecule has 0 spiro atoms. The molecule has 1 saturated heterocycles. The van der Waals surface area contributed by atoms with Crippen LogP contribution in [0.5, 0.6) is 5.75 Å². The van der Waals surface area contributed by atoms with Gasteiger partial charge in [0.05, 0.1) is 25.5 Å². The van der Waals surface area contributed by atoms with Crippen molar-refractivity contribution in [2.24, 2.45) is 7.05 Å². The molecule has 2 aromatic heterocycles. The van der Waals surface area contributed by atoms with Crippen LogP contribution >= 0.6 is 0 Å². The van der Waals surface area contributed by atoms with Crippen LogP contribution in [0.15, 0.2) is 65.1 Å². The van der Waals surface area contributed by atoms with Crippen molar-refractivity contribution in [3.63, 3.8) is 0 Å². The first-order valence-corrected chi connectivity index (χ1v) is 10.9. The van der Waals surface area contributed by atoms with Gasteiger partial charge in [-0.15, -0.1) is 0 Å². The standard InChI is InChI=1S/C25H24FN3O4/c1-28-19(10-12-31-20-8-6-18(26)7-9-20)15-21(27-28)24-16-29(11-13-32-24)25(30)23-14-17-4-2-3-5-22(17)33-23/h2-9,14-15,24H,10-13,16H2,1H3/t24-/m1/s1. The Kier molecular flexibility index (Phi) is 5.83. The van der Waals surface area contributed by atoms with Gasteiger partial charge in [-0.2, -0.15) is 5.10 Å². The van der Waals surface area contributed by atoms with Gasteiger partial charge in [0, 0.05) is 31.1 Å². The van der Waals surface area contributed by atoms with Gasteiger partial charge in [-0.3, -0.25) is 9.48 Å². The summed E-state index contributed by atoms with van der Waals surface area (Å²) in [5, 5.41) is 5.50. The highest BCUT2D eigenvalue weighted by Crippen LogP contribution is 2.25. The molecule has 8 heteroatoms. The second-order valence-corrected chi connectivity index (χ2v) is 8.00. The highest BCUT2D eigenvalue weighted by molar-refractivity contribution is 5.96. The molecular formula is C25H24FN3O4. The van der Waals surface area contributed by atoms with Crippen LogP contribution in [0, 0.1) is 5.82 Å². The molecule has 1 amide bonds. The lowest BCUT2D eigenvalue weighted by atomic mass is 10.1. The summed E-state index contributed by atoms with van der Waals surface area (Å²) < 4.78 is 32.2. The normalized spacial score (nSPS) is 16.3. The molecule has 0 N–H and O–H groups in total. The van der Waals surface area contributed by atoms with Crippen molar-refractivity contribution in [2.45, 2.75) is 12.5 Å². The number of fused-ring (bicyclic) bond motifs is 1. The number of furan rings is 1. The summed E-state index contributed by atoms with van der Waals surface area (Å²) in [7, 11) is 1.87. The quantitative estimate of drug-likeness (QED) is 0.443. The Labute approximate surface area is 190 Å². The first-order valence-electron chi connectivity index (χ1n) is 10.9. The molecule has 5 rings (SSSR count). The molecule has 1 aliphatic heterocycles. The predicted octanol–water partition coefficient (Wildman–Crippen LogP) is 4.14. The van der Waals surface area contributed by atoms with Crippen molar-refractivity contribution < 1.29 is 23.1 Å². The molecule has 0 bridgehead atoms. The van der Waals surface area contributed by atoms with E-state index < -0.39 is 0 Å². The lowest BCUT2D eigenvalue weighted by molar-refractivity contribution is -0.0257. The van der Waals surface area contributed by atoms with Crippen molar-refractivity contribution in [1.82, 2.24) is 14.7 Å². The fraction of sp³-hybridized carbons (Fsp3) is 0.280. The average molecular weight is 449 g/mol. The number of hydrogen-bond donors (Lipinski definition) is 0. The summed E-state index contributed by atoms with van der Waals surface area (Å²) in [6, 6.07) is 17.3. The number of amides is 1. The molecule has 0 aliphatic carbocycles. The first-order chi connectivity index (χ1) is 16.1. The van der Waals surface area contributed by atoms with E-state index in [9.17, 15) is 9.18 Å². The number of hydrogen-bond acceptors (Lipinski definition) is 5. The van der Waals surface area contributed by atoms with Crippen LogP contribution in [0.3, 0.4) is 0 Å². The van der Waals surface area contributed by atoms with Gasteiger partial charge in [-0.25, -0.2) is 4.39 Å². The van der Waals surface area contributed by atoms with Gasteiger partial charge in [-0.1, -0.05) is 18.2 Å². The molecule has 1 fully saturated rings. The highest BCUT2D eigenvalue weighted by atomic mass is 19.1. The SMILES string of the molecule is Cn1nc([C@H]2CN(C(=O)c3cc4ccccc4o3)CCO2)cc1CCOc1ccc(F)cc1. The number of morpholine rings is 1. The number of halogens is 1. The number of aryl methyl sites for hydroxylation is 1. The van der Waals surface area contributed by atoms with Crippen LogP contribution in [-0.2, 0) is 18.2 Å². The third-order valence-corrected chi connectivity index (χ3v) is 5.76. The molecule has 0 saturated carbocycles. The minimum absolute atomic E-state index is 0.150. The van der Waals surface area contributed by atoms with Gasteiger partial charge in [0.1, 0.15) is 23.3 Å². The number of nitrogens with zero attached hydrogens (tertiary/aromatic N) is 3. The van der Waals surface area contributed by atoms with Crippen molar-refractivity contribution >= 4 is 16.9 Å². The van der Waals surface area contributed by atoms with Gasteiger partial charge < -0.3 is 18.8 Å². The number of ether oxygens (including phenoxy) is 2. The molecule has 0 radical (unpaired) electrons. The van der Waals surface area contributed by atoms with E-state index in [1.165, 1.54) is 12.1 Å². The molecule has 33 heavy (non-hydrogen) atoms. The molecule has 0 unspecified atom stereocenters. The Hall–Kier alpha value is -3.65. The Balaban J connectivity index is 1.23. The molecule has 4 aromatic rings. The van der Waals surface area contributed by atoms with E-state index in [1.54, 1.807) is 27.8 Å². The monoisotopic (exact) mass is 449 g/mol. The lowest BCUT2D eigenvalue weighted by Gasteiger charge is -2.31. The molecule has 2 aromatic carbocycles. The van der Waals surface area contributed by atoms with E-state index >= 15 is 0 Å². The summed E-state index contributed by atoms with van der Waals surface area (Å²) in [5.41, 5.74) is 2.45. The number of carbonyl (C=O) groups is 1. The fourth-order valence-electron chi connectivity index (χ4n) is 3.98. The maximum atomic E-state index is 13.0. The Bertz CT molecular complexity index is 1230. The van der Waals surface area contributed by atoms with Crippen molar-refractivity contribution in [3.8, 4) is 5.75 Å². The van der Waals surface area contributed by atoms with Gasteiger partial charge in [0.25, 0.3) is 5.91 Å². The Morgan fingerprint density at radius 2 is 2.00 bits per heavy atom. The van der Waals surface area contributed by atoms with E-state index in [2.05, 4.69) is 5.10 Å². The van der Waals surface area contributed by atoms with Crippen molar-refractivity contribution in [1.29, 1.82) is 0 Å². The van der Waals surface area contributed by atoms with E-state index in [0.717, 1.165) is 16.8 Å². The van der Waals surface area contributed by atoms with Crippen LogP contribution in [0.1, 0.15) is 28.0 Å². The number of aromatic nitrogens is 2. The smallest absolute Gasteiger partial charge is 0.289 e. The highest BCUT2D eigenvalue weighted by Gasteiger charge is 2.29. The van der Waals surface area contributed by atoms with Crippen LogP contribution in [0.2, 0.25) is 0 Å². The summed E-state index contributed by atoms with van der Waals surface area (Å²) >= 11 is 0. The topological polar surface area (TPSA) is 69.7 Å². The molecule has 1 aliphatic rings. The van der Waals surface area contributed by atoms with E-state index in [0.29, 0.717) is 49.8 Å². The van der Waals surface area contributed by atoms with Crippen molar-refractivity contribution in [3.05, 3.63) is 83.6 Å². The summed E-state index contributed by atoms with van der Waals surface area (Å²) in [5.74, 6) is 0.507. The van der Waals surface area contributed by atoms with Crippen molar-refractivity contribution in [2.75, 3.05) is 26.3 Å². The van der Waals surface area contributed by atoms with Gasteiger partial charge in [-0.05, 0) is 42.5 Å². The maximum absolute atomic E-state index is 13.0. The molecule has 170 valence electrons. The van der Waals surface area contributed by atoms with Crippen LogP contribution in [0.4, 0.5) is 4.39 Å². The van der Waals surface area contributed by atoms with E-state index in [4.69, 9.17) is 13.9 Å². The molecule has 7 nitrogen and oxygen atoms in total. The summed E-state index contributed by atoms with van der Waals surface area (Å²) in [4.78, 5) is 14.8. The van der Waals surface area contributed by atoms with Crippen LogP contribution in [-0.4, -0.2) is 46.9 Å². The molecular weight excluding hydrogens is 425 g/mol. The van der Waals surface area contributed by atoms with E-state index in [-0.39, 0.29) is 17.8 Å². The number of rotatable bonds is 6. The third kappa shape index (κ3) is 4.61. The second kappa shape index (κ2) is 9.07. The lowest BCUT2D eigenvalue weighted by Crippen LogP contribution is -2.42. The largest absolute Gasteiger partial charge is 0.493 e. The minimum Gasteiger partial charge on any atom is -0.493 e. The fourth-order valence-corrected chi connectivity index (χ4v) is 3.98. The zero-order chi connectivity index (χ0) is 22.8. The molecule has 3 heterocycles. The Morgan fingerprint density at radius 3 is 2.82 bits per heavy atom. The Morgan fingerprint density at radius 1 is 1.18 bits per heavy atom. The average Bonchev–Trinajstić information content (AvgIpc) is 3.43. The number of carbonyl (C=O) groups excluding carboxylic acids is 1. The summed E-state index contributed by atoms with van der Waals surface area (Å²) in [6.45, 7) is 1.76. The third-order valence-electron chi connectivity index (χ3n) is 5.76. The minimum atomic E-state index is -0.315. The predicted molar refractivity (Wildman–Crippen MR) is 120 cm³/mol. The van der Waals surface area contributed by atoms with E-state index in [1.807, 2.05) is 37.4 Å².